The maximum absolute atomic E-state index is 13.2. The molecule has 4 rings (SSSR count). The van der Waals surface area contributed by atoms with E-state index in [9.17, 15) is 18.0 Å². The second-order valence-corrected chi connectivity index (χ2v) is 10.5. The van der Waals surface area contributed by atoms with Crippen molar-refractivity contribution in [1.29, 1.82) is 0 Å². The number of halogens is 1. The van der Waals surface area contributed by atoms with Gasteiger partial charge in [0.2, 0.25) is 5.91 Å². The lowest BCUT2D eigenvalue weighted by Gasteiger charge is -2.34. The van der Waals surface area contributed by atoms with E-state index in [4.69, 9.17) is 11.6 Å². The molecule has 2 aliphatic rings. The summed E-state index contributed by atoms with van der Waals surface area (Å²) in [5, 5.41) is 2.19. The summed E-state index contributed by atoms with van der Waals surface area (Å²) in [5.74, 6) is -0.238. The van der Waals surface area contributed by atoms with Gasteiger partial charge in [0.15, 0.2) is 0 Å². The SMILES string of the molecule is O=C(c1ccc(Cl)cc1N1CCCC1=O)N1CCN(S(=O)(=O)c2cccs2)CC1. The first kappa shape index (κ1) is 20.3. The highest BCUT2D eigenvalue weighted by molar-refractivity contribution is 7.91. The van der Waals surface area contributed by atoms with Crippen LogP contribution in [0.3, 0.4) is 0 Å². The summed E-state index contributed by atoms with van der Waals surface area (Å²) >= 11 is 7.30. The number of hydrogen-bond donors (Lipinski definition) is 0. The number of benzene rings is 1. The highest BCUT2D eigenvalue weighted by Crippen LogP contribution is 2.30. The van der Waals surface area contributed by atoms with E-state index in [0.717, 1.165) is 6.42 Å². The second kappa shape index (κ2) is 8.06. The number of amides is 2. The standard InChI is InChI=1S/C19H20ClN3O4S2/c20-14-5-6-15(16(13-14)23-7-1-3-17(23)24)19(25)21-8-10-22(11-9-21)29(26,27)18-4-2-12-28-18/h2,4-6,12-13H,1,3,7-11H2. The molecule has 2 aliphatic heterocycles. The minimum atomic E-state index is -3.52. The van der Waals surface area contributed by atoms with E-state index in [1.54, 1.807) is 45.5 Å². The molecule has 0 radical (unpaired) electrons. The van der Waals surface area contributed by atoms with Crippen molar-refractivity contribution in [3.8, 4) is 0 Å². The van der Waals surface area contributed by atoms with Crippen molar-refractivity contribution in [2.24, 2.45) is 0 Å². The summed E-state index contributed by atoms with van der Waals surface area (Å²) in [4.78, 5) is 28.6. The van der Waals surface area contributed by atoms with Crippen LogP contribution in [0.4, 0.5) is 5.69 Å². The predicted molar refractivity (Wildman–Crippen MR) is 112 cm³/mol. The molecule has 3 heterocycles. The molecule has 0 atom stereocenters. The first-order valence-electron chi connectivity index (χ1n) is 9.31. The lowest BCUT2D eigenvalue weighted by Crippen LogP contribution is -2.50. The molecule has 1 aromatic heterocycles. The fourth-order valence-corrected chi connectivity index (χ4v) is 6.38. The largest absolute Gasteiger partial charge is 0.336 e. The van der Waals surface area contributed by atoms with Gasteiger partial charge in [-0.25, -0.2) is 8.42 Å². The molecule has 29 heavy (non-hydrogen) atoms. The number of carbonyl (C=O) groups excluding carboxylic acids is 2. The molecule has 0 aliphatic carbocycles. The van der Waals surface area contributed by atoms with E-state index >= 15 is 0 Å². The number of nitrogens with zero attached hydrogens (tertiary/aromatic N) is 3. The van der Waals surface area contributed by atoms with Crippen LogP contribution in [0.25, 0.3) is 0 Å². The third-order valence-electron chi connectivity index (χ3n) is 5.17. The maximum Gasteiger partial charge on any atom is 0.256 e. The zero-order valence-corrected chi connectivity index (χ0v) is 18.0. The van der Waals surface area contributed by atoms with Gasteiger partial charge in [0.1, 0.15) is 4.21 Å². The number of anilines is 1. The average Bonchev–Trinajstić information content (AvgIpc) is 3.40. The number of rotatable bonds is 4. The highest BCUT2D eigenvalue weighted by atomic mass is 35.5. The normalized spacial score (nSPS) is 18.4. The van der Waals surface area contributed by atoms with Crippen molar-refractivity contribution >= 4 is 50.5 Å². The smallest absolute Gasteiger partial charge is 0.256 e. The Bertz CT molecular complexity index is 1030. The van der Waals surface area contributed by atoms with Gasteiger partial charge in [-0.2, -0.15) is 4.31 Å². The summed E-state index contributed by atoms with van der Waals surface area (Å²) in [7, 11) is -3.52. The van der Waals surface area contributed by atoms with Crippen molar-refractivity contribution in [2.75, 3.05) is 37.6 Å². The van der Waals surface area contributed by atoms with Gasteiger partial charge in [0, 0.05) is 44.2 Å². The molecular weight excluding hydrogens is 434 g/mol. The molecule has 0 bridgehead atoms. The van der Waals surface area contributed by atoms with Gasteiger partial charge in [-0.1, -0.05) is 17.7 Å². The van der Waals surface area contributed by atoms with Gasteiger partial charge in [-0.15, -0.1) is 11.3 Å². The summed E-state index contributed by atoms with van der Waals surface area (Å²) in [6.07, 6.45) is 1.21. The zero-order valence-electron chi connectivity index (χ0n) is 15.6. The molecule has 0 spiro atoms. The Morgan fingerprint density at radius 2 is 1.83 bits per heavy atom. The highest BCUT2D eigenvalue weighted by Gasteiger charge is 2.33. The van der Waals surface area contributed by atoms with Crippen molar-refractivity contribution < 1.29 is 18.0 Å². The Hall–Kier alpha value is -1.94. The quantitative estimate of drug-likeness (QED) is 0.713. The van der Waals surface area contributed by atoms with E-state index in [0.29, 0.717) is 46.5 Å². The number of thiophene rings is 1. The van der Waals surface area contributed by atoms with Crippen LogP contribution in [0, 0.1) is 0 Å². The summed E-state index contributed by atoms with van der Waals surface area (Å²) < 4.78 is 27.1. The minimum Gasteiger partial charge on any atom is -0.336 e. The van der Waals surface area contributed by atoms with Crippen LogP contribution in [0.2, 0.25) is 5.02 Å². The number of hydrogen-bond acceptors (Lipinski definition) is 5. The summed E-state index contributed by atoms with van der Waals surface area (Å²) in [6, 6.07) is 8.22. The van der Waals surface area contributed by atoms with Gasteiger partial charge in [-0.05, 0) is 36.1 Å². The third-order valence-corrected chi connectivity index (χ3v) is 8.68. The Kier molecular flexibility index (Phi) is 5.65. The van der Waals surface area contributed by atoms with E-state index in [-0.39, 0.29) is 24.9 Å². The van der Waals surface area contributed by atoms with Crippen LogP contribution in [-0.2, 0) is 14.8 Å². The monoisotopic (exact) mass is 453 g/mol. The number of sulfonamides is 1. The lowest BCUT2D eigenvalue weighted by molar-refractivity contribution is -0.117. The van der Waals surface area contributed by atoms with Crippen LogP contribution < -0.4 is 4.90 Å². The molecule has 0 saturated carbocycles. The fourth-order valence-electron chi connectivity index (χ4n) is 3.65. The van der Waals surface area contributed by atoms with Crippen molar-refractivity contribution in [2.45, 2.75) is 17.1 Å². The van der Waals surface area contributed by atoms with E-state index < -0.39 is 10.0 Å². The van der Waals surface area contributed by atoms with Gasteiger partial charge in [0.05, 0.1) is 11.3 Å². The van der Waals surface area contributed by atoms with Crippen molar-refractivity contribution in [3.05, 3.63) is 46.3 Å². The van der Waals surface area contributed by atoms with E-state index in [1.807, 2.05) is 0 Å². The van der Waals surface area contributed by atoms with Crippen LogP contribution in [0.1, 0.15) is 23.2 Å². The van der Waals surface area contributed by atoms with Crippen LogP contribution in [-0.4, -0.2) is 62.2 Å². The molecule has 1 aromatic carbocycles. The topological polar surface area (TPSA) is 78.0 Å². The number of piperazine rings is 1. The lowest BCUT2D eigenvalue weighted by atomic mass is 10.1. The van der Waals surface area contributed by atoms with Gasteiger partial charge in [-0.3, -0.25) is 9.59 Å². The third kappa shape index (κ3) is 3.92. The van der Waals surface area contributed by atoms with Crippen LogP contribution >= 0.6 is 22.9 Å². The van der Waals surface area contributed by atoms with Crippen molar-refractivity contribution in [1.82, 2.24) is 9.21 Å². The van der Waals surface area contributed by atoms with Gasteiger partial charge in [0.25, 0.3) is 15.9 Å². The first-order chi connectivity index (χ1) is 13.9. The first-order valence-corrected chi connectivity index (χ1v) is 12.0. The van der Waals surface area contributed by atoms with E-state index in [2.05, 4.69) is 0 Å². The Balaban J connectivity index is 1.51. The molecule has 0 N–H and O–H groups in total. The molecule has 2 aromatic rings. The maximum atomic E-state index is 13.2. The van der Waals surface area contributed by atoms with E-state index in [1.165, 1.54) is 15.6 Å². The number of carbonyl (C=O) groups is 2. The fraction of sp³-hybridized carbons (Fsp3) is 0.368. The molecule has 2 fully saturated rings. The Morgan fingerprint density at radius 3 is 2.45 bits per heavy atom. The average molecular weight is 454 g/mol. The molecule has 10 heteroatoms. The molecule has 7 nitrogen and oxygen atoms in total. The van der Waals surface area contributed by atoms with Crippen LogP contribution in [0.15, 0.2) is 39.9 Å². The van der Waals surface area contributed by atoms with Crippen LogP contribution in [0.5, 0.6) is 0 Å². The van der Waals surface area contributed by atoms with Gasteiger partial charge >= 0.3 is 0 Å². The Morgan fingerprint density at radius 1 is 1.07 bits per heavy atom. The van der Waals surface area contributed by atoms with Gasteiger partial charge < -0.3 is 9.80 Å². The molecule has 2 saturated heterocycles. The summed E-state index contributed by atoms with van der Waals surface area (Å²) in [5.41, 5.74) is 0.942. The Labute approximate surface area is 178 Å². The molecule has 2 amide bonds. The van der Waals surface area contributed by atoms with Crippen molar-refractivity contribution in [3.63, 3.8) is 0 Å². The molecule has 0 unspecified atom stereocenters. The minimum absolute atomic E-state index is 0.0202. The summed E-state index contributed by atoms with van der Waals surface area (Å²) in [6.45, 7) is 1.61. The molecular formula is C19H20ClN3O4S2. The molecule has 154 valence electrons. The zero-order chi connectivity index (χ0) is 20.6. The second-order valence-electron chi connectivity index (χ2n) is 6.94. The predicted octanol–water partition coefficient (Wildman–Crippen LogP) is 2.68.